The van der Waals surface area contributed by atoms with Gasteiger partial charge in [0.05, 0.1) is 5.56 Å². The van der Waals surface area contributed by atoms with E-state index in [0.29, 0.717) is 0 Å². The molecule has 0 aromatic carbocycles. The van der Waals surface area contributed by atoms with Gasteiger partial charge in [-0.25, -0.2) is 0 Å². The van der Waals surface area contributed by atoms with Gasteiger partial charge in [0.15, 0.2) is 0 Å². The number of nitrogens with zero attached hydrogens (tertiary/aromatic N) is 2. The average Bonchev–Trinajstić information content (AvgIpc) is 2.87. The van der Waals surface area contributed by atoms with Crippen molar-refractivity contribution in [3.8, 4) is 6.07 Å². The van der Waals surface area contributed by atoms with E-state index in [2.05, 4.69) is 23.2 Å². The minimum absolute atomic E-state index is 0.785. The molecule has 18 heavy (non-hydrogen) atoms. The number of hydrogen-bond donors (Lipinski definition) is 1. The third kappa shape index (κ3) is 3.81. The minimum atomic E-state index is 0.785. The maximum atomic E-state index is 8.76. The van der Waals surface area contributed by atoms with Crippen LogP contribution in [0.25, 0.3) is 0 Å². The highest BCUT2D eigenvalue weighted by Gasteiger charge is 2.17. The van der Waals surface area contributed by atoms with Crippen molar-refractivity contribution in [1.29, 1.82) is 5.26 Å². The van der Waals surface area contributed by atoms with Gasteiger partial charge in [-0.3, -0.25) is 0 Å². The molecule has 4 heteroatoms. The molecule has 1 aliphatic heterocycles. The van der Waals surface area contributed by atoms with Crippen molar-refractivity contribution in [3.05, 3.63) is 21.9 Å². The van der Waals surface area contributed by atoms with E-state index >= 15 is 0 Å². The van der Waals surface area contributed by atoms with E-state index in [1.807, 2.05) is 11.4 Å². The Morgan fingerprint density at radius 1 is 1.50 bits per heavy atom. The fraction of sp³-hybridized carbons (Fsp3) is 0.643. The maximum Gasteiger partial charge on any atom is 0.100 e. The van der Waals surface area contributed by atoms with Gasteiger partial charge in [0, 0.05) is 16.8 Å². The van der Waals surface area contributed by atoms with Crippen LogP contribution < -0.4 is 5.32 Å². The summed E-state index contributed by atoms with van der Waals surface area (Å²) in [6.45, 7) is 7.94. The zero-order valence-corrected chi connectivity index (χ0v) is 11.8. The molecule has 0 spiro atoms. The maximum absolute atomic E-state index is 8.76. The van der Waals surface area contributed by atoms with Gasteiger partial charge in [-0.2, -0.15) is 5.26 Å². The van der Waals surface area contributed by atoms with Crippen LogP contribution in [-0.4, -0.2) is 31.1 Å². The van der Waals surface area contributed by atoms with Crippen molar-refractivity contribution in [2.24, 2.45) is 5.92 Å². The molecule has 2 rings (SSSR count). The summed E-state index contributed by atoms with van der Waals surface area (Å²) in [4.78, 5) is 3.78. The van der Waals surface area contributed by atoms with Crippen LogP contribution in [0.2, 0.25) is 0 Å². The van der Waals surface area contributed by atoms with Crippen molar-refractivity contribution in [3.63, 3.8) is 0 Å². The number of thiophene rings is 1. The van der Waals surface area contributed by atoms with E-state index in [9.17, 15) is 0 Å². The highest BCUT2D eigenvalue weighted by molar-refractivity contribution is 7.10. The summed E-state index contributed by atoms with van der Waals surface area (Å²) < 4.78 is 0. The zero-order valence-electron chi connectivity index (χ0n) is 11.0. The Balaban J connectivity index is 1.65. The van der Waals surface area contributed by atoms with E-state index in [1.165, 1.54) is 37.4 Å². The van der Waals surface area contributed by atoms with Gasteiger partial charge >= 0.3 is 0 Å². The van der Waals surface area contributed by atoms with Crippen LogP contribution >= 0.6 is 11.3 Å². The van der Waals surface area contributed by atoms with Crippen LogP contribution in [0.5, 0.6) is 0 Å². The number of nitriles is 1. The fourth-order valence-corrected chi connectivity index (χ4v) is 3.22. The Morgan fingerprint density at radius 2 is 2.28 bits per heavy atom. The standard InChI is InChI=1S/C14H21N3S/c1-2-17-5-3-12(4-6-17)9-16-10-14-7-13(8-15)11-18-14/h7,11-12,16H,2-6,9-10H2,1H3. The van der Waals surface area contributed by atoms with Crippen molar-refractivity contribution in [2.45, 2.75) is 26.3 Å². The molecule has 1 saturated heterocycles. The first kappa shape index (κ1) is 13.5. The molecule has 0 radical (unpaired) electrons. The third-order valence-corrected chi connectivity index (χ3v) is 4.61. The normalized spacial score (nSPS) is 17.8. The van der Waals surface area contributed by atoms with Crippen LogP contribution in [0.4, 0.5) is 0 Å². The first-order valence-electron chi connectivity index (χ1n) is 6.72. The second kappa shape index (κ2) is 6.89. The van der Waals surface area contributed by atoms with Crippen LogP contribution in [-0.2, 0) is 6.54 Å². The lowest BCUT2D eigenvalue weighted by molar-refractivity contribution is 0.190. The highest BCUT2D eigenvalue weighted by atomic mass is 32.1. The summed E-state index contributed by atoms with van der Waals surface area (Å²) >= 11 is 1.67. The van der Waals surface area contributed by atoms with Gasteiger partial charge in [-0.15, -0.1) is 11.3 Å². The largest absolute Gasteiger partial charge is 0.312 e. The second-order valence-corrected chi connectivity index (χ2v) is 5.92. The summed E-state index contributed by atoms with van der Waals surface area (Å²) in [6.07, 6.45) is 2.63. The molecule has 1 aromatic heterocycles. The fourth-order valence-electron chi connectivity index (χ4n) is 2.44. The number of piperidine rings is 1. The van der Waals surface area contributed by atoms with Crippen molar-refractivity contribution < 1.29 is 0 Å². The zero-order chi connectivity index (χ0) is 12.8. The summed E-state index contributed by atoms with van der Waals surface area (Å²) in [5.41, 5.74) is 0.785. The van der Waals surface area contributed by atoms with Crippen molar-refractivity contribution in [1.82, 2.24) is 10.2 Å². The van der Waals surface area contributed by atoms with Crippen molar-refractivity contribution in [2.75, 3.05) is 26.2 Å². The SMILES string of the molecule is CCN1CCC(CNCc2cc(C#N)cs2)CC1. The number of hydrogen-bond acceptors (Lipinski definition) is 4. The molecule has 0 unspecified atom stereocenters. The summed E-state index contributed by atoms with van der Waals surface area (Å²) in [7, 11) is 0. The topological polar surface area (TPSA) is 39.1 Å². The summed E-state index contributed by atoms with van der Waals surface area (Å²) in [6, 6.07) is 4.16. The first-order chi connectivity index (χ1) is 8.81. The summed E-state index contributed by atoms with van der Waals surface area (Å²) in [5.74, 6) is 0.822. The second-order valence-electron chi connectivity index (χ2n) is 4.92. The predicted octanol–water partition coefficient (Wildman–Crippen LogP) is 2.44. The number of likely N-dealkylation sites (tertiary alicyclic amines) is 1. The molecule has 3 nitrogen and oxygen atoms in total. The Labute approximate surface area is 113 Å². The van der Waals surface area contributed by atoms with Crippen molar-refractivity contribution >= 4 is 11.3 Å². The highest BCUT2D eigenvalue weighted by Crippen LogP contribution is 2.17. The molecule has 98 valence electrons. The quantitative estimate of drug-likeness (QED) is 0.887. The van der Waals surface area contributed by atoms with Crippen LogP contribution in [0, 0.1) is 17.2 Å². The van der Waals surface area contributed by atoms with Gasteiger partial charge < -0.3 is 10.2 Å². The number of nitrogens with one attached hydrogen (secondary N) is 1. The van der Waals surface area contributed by atoms with E-state index < -0.39 is 0 Å². The van der Waals surface area contributed by atoms with E-state index in [4.69, 9.17) is 5.26 Å². The molecule has 1 aromatic rings. The van der Waals surface area contributed by atoms with E-state index in [-0.39, 0.29) is 0 Å². The molecular weight excluding hydrogens is 242 g/mol. The molecule has 0 bridgehead atoms. The van der Waals surface area contributed by atoms with Gasteiger partial charge in [-0.05, 0) is 51.0 Å². The monoisotopic (exact) mass is 263 g/mol. The molecule has 1 fully saturated rings. The Kier molecular flexibility index (Phi) is 5.18. The Hall–Kier alpha value is -0.890. The third-order valence-electron chi connectivity index (χ3n) is 3.67. The lowest BCUT2D eigenvalue weighted by Gasteiger charge is -2.31. The molecule has 0 aliphatic carbocycles. The smallest absolute Gasteiger partial charge is 0.100 e. The minimum Gasteiger partial charge on any atom is -0.312 e. The Morgan fingerprint density at radius 3 is 2.89 bits per heavy atom. The molecule has 0 amide bonds. The van der Waals surface area contributed by atoms with Gasteiger partial charge in [-0.1, -0.05) is 6.92 Å². The molecule has 1 N–H and O–H groups in total. The van der Waals surface area contributed by atoms with Crippen LogP contribution in [0.3, 0.4) is 0 Å². The van der Waals surface area contributed by atoms with E-state index in [1.54, 1.807) is 11.3 Å². The van der Waals surface area contributed by atoms with Crippen LogP contribution in [0.1, 0.15) is 30.2 Å². The van der Waals surface area contributed by atoms with Gasteiger partial charge in [0.25, 0.3) is 0 Å². The molecule has 2 heterocycles. The summed E-state index contributed by atoms with van der Waals surface area (Å²) in [5, 5.41) is 14.2. The molecule has 1 aliphatic rings. The lowest BCUT2D eigenvalue weighted by Crippen LogP contribution is -2.36. The first-order valence-corrected chi connectivity index (χ1v) is 7.60. The van der Waals surface area contributed by atoms with Gasteiger partial charge in [0.1, 0.15) is 6.07 Å². The van der Waals surface area contributed by atoms with Crippen LogP contribution in [0.15, 0.2) is 11.4 Å². The molecule has 0 atom stereocenters. The molecule has 0 saturated carbocycles. The lowest BCUT2D eigenvalue weighted by atomic mass is 9.97. The average molecular weight is 263 g/mol. The number of rotatable bonds is 5. The molecular formula is C14H21N3S. The van der Waals surface area contributed by atoms with E-state index in [0.717, 1.165) is 24.6 Å². The Bertz CT molecular complexity index is 399. The predicted molar refractivity (Wildman–Crippen MR) is 75.6 cm³/mol. The van der Waals surface area contributed by atoms with Gasteiger partial charge in [0.2, 0.25) is 0 Å².